The summed E-state index contributed by atoms with van der Waals surface area (Å²) in [6.07, 6.45) is 3.72. The van der Waals surface area contributed by atoms with Crippen molar-refractivity contribution in [3.05, 3.63) is 59.5 Å². The molecule has 4 heteroatoms. The molecule has 3 fully saturated rings. The van der Waals surface area contributed by atoms with Crippen LogP contribution in [0.5, 0.6) is 0 Å². The maximum Gasteiger partial charge on any atom is 0.338 e. The van der Waals surface area contributed by atoms with Crippen molar-refractivity contribution in [3.8, 4) is 0 Å². The molecule has 2 aliphatic heterocycles. The second-order valence-electron chi connectivity index (χ2n) is 6.16. The molecule has 0 amide bonds. The van der Waals surface area contributed by atoms with E-state index in [-0.39, 0.29) is 11.1 Å². The van der Waals surface area contributed by atoms with E-state index < -0.39 is 5.97 Å². The molecule has 1 saturated carbocycles. The molecule has 0 unspecified atom stereocenters. The van der Waals surface area contributed by atoms with Crippen LogP contribution >= 0.6 is 0 Å². The molecule has 21 heavy (non-hydrogen) atoms. The first-order valence-electron chi connectivity index (χ1n) is 7.29. The van der Waals surface area contributed by atoms with E-state index in [1.807, 2.05) is 6.07 Å². The molecule has 0 radical (unpaired) electrons. The van der Waals surface area contributed by atoms with Crippen LogP contribution in [0.1, 0.15) is 34.5 Å². The zero-order valence-electron chi connectivity index (χ0n) is 11.7. The van der Waals surface area contributed by atoms with Crippen molar-refractivity contribution in [1.29, 1.82) is 0 Å². The van der Waals surface area contributed by atoms with Gasteiger partial charge < -0.3 is 9.52 Å². The summed E-state index contributed by atoms with van der Waals surface area (Å²) < 4.78 is 5.41. The SMILES string of the molecule is O=C(O)c1coc(CN2CC3CC2(c2ccccc2)C3)c1. The van der Waals surface area contributed by atoms with E-state index in [1.54, 1.807) is 6.07 Å². The first-order valence-corrected chi connectivity index (χ1v) is 7.29. The minimum atomic E-state index is -0.937. The van der Waals surface area contributed by atoms with Crippen LogP contribution in [0.2, 0.25) is 0 Å². The van der Waals surface area contributed by atoms with Gasteiger partial charge in [0.1, 0.15) is 12.0 Å². The van der Waals surface area contributed by atoms with E-state index in [1.165, 1.54) is 24.7 Å². The van der Waals surface area contributed by atoms with E-state index in [0.29, 0.717) is 6.54 Å². The van der Waals surface area contributed by atoms with Gasteiger partial charge in [0.05, 0.1) is 12.1 Å². The lowest BCUT2D eigenvalue weighted by Crippen LogP contribution is -2.42. The zero-order valence-corrected chi connectivity index (χ0v) is 11.7. The summed E-state index contributed by atoms with van der Waals surface area (Å²) in [6.45, 7) is 1.75. The number of nitrogens with zero attached hydrogens (tertiary/aromatic N) is 1. The molecule has 2 saturated heterocycles. The van der Waals surface area contributed by atoms with Crippen molar-refractivity contribution in [1.82, 2.24) is 4.90 Å². The molecule has 1 N–H and O–H groups in total. The Kier molecular flexibility index (Phi) is 2.69. The van der Waals surface area contributed by atoms with Crippen LogP contribution in [-0.2, 0) is 12.1 Å². The predicted octanol–water partition coefficient (Wildman–Crippen LogP) is 3.10. The highest BCUT2D eigenvalue weighted by atomic mass is 16.4. The van der Waals surface area contributed by atoms with Gasteiger partial charge in [0.2, 0.25) is 0 Å². The Hall–Kier alpha value is -2.07. The number of fused-ring (bicyclic) bond motifs is 1. The number of benzene rings is 1. The van der Waals surface area contributed by atoms with Gasteiger partial charge in [-0.2, -0.15) is 0 Å². The molecule has 0 spiro atoms. The maximum atomic E-state index is 10.9. The van der Waals surface area contributed by atoms with Crippen molar-refractivity contribution >= 4 is 5.97 Å². The molecule has 1 aliphatic carbocycles. The first-order chi connectivity index (χ1) is 10.2. The molecule has 108 valence electrons. The lowest BCUT2D eigenvalue weighted by Gasteiger charge is -2.43. The molecule has 3 heterocycles. The second-order valence-corrected chi connectivity index (χ2v) is 6.16. The van der Waals surface area contributed by atoms with Crippen LogP contribution in [0.3, 0.4) is 0 Å². The summed E-state index contributed by atoms with van der Waals surface area (Å²) in [5.74, 6) is 0.558. The van der Waals surface area contributed by atoms with E-state index >= 15 is 0 Å². The number of carbonyl (C=O) groups is 1. The largest absolute Gasteiger partial charge is 0.478 e. The van der Waals surface area contributed by atoms with Gasteiger partial charge in [-0.25, -0.2) is 4.79 Å². The van der Waals surface area contributed by atoms with Gasteiger partial charge in [-0.1, -0.05) is 30.3 Å². The Morgan fingerprint density at radius 3 is 2.76 bits per heavy atom. The van der Waals surface area contributed by atoms with Crippen LogP contribution in [0.25, 0.3) is 0 Å². The fraction of sp³-hybridized carbons (Fsp3) is 0.353. The Bertz CT molecular complexity index is 670. The number of hydrogen-bond donors (Lipinski definition) is 1. The third-order valence-electron chi connectivity index (χ3n) is 4.90. The monoisotopic (exact) mass is 283 g/mol. The number of rotatable bonds is 4. The summed E-state index contributed by atoms with van der Waals surface area (Å²) in [5.41, 5.74) is 1.72. The summed E-state index contributed by atoms with van der Waals surface area (Å²) >= 11 is 0. The predicted molar refractivity (Wildman–Crippen MR) is 76.9 cm³/mol. The van der Waals surface area contributed by atoms with Crippen LogP contribution in [0, 0.1) is 5.92 Å². The third kappa shape index (κ3) is 1.90. The summed E-state index contributed by atoms with van der Waals surface area (Å²) in [5, 5.41) is 8.97. The fourth-order valence-electron chi connectivity index (χ4n) is 3.92. The van der Waals surface area contributed by atoms with Crippen molar-refractivity contribution in [2.45, 2.75) is 24.9 Å². The molecular weight excluding hydrogens is 266 g/mol. The topological polar surface area (TPSA) is 53.7 Å². The zero-order chi connectivity index (χ0) is 14.4. The first kappa shape index (κ1) is 12.7. The number of carboxylic acid groups (broad SMARTS) is 1. The number of carboxylic acids is 1. The second kappa shape index (κ2) is 4.46. The smallest absolute Gasteiger partial charge is 0.338 e. The number of furan rings is 1. The van der Waals surface area contributed by atoms with Crippen molar-refractivity contribution in [2.75, 3.05) is 6.54 Å². The summed E-state index contributed by atoms with van der Waals surface area (Å²) in [6, 6.07) is 12.2. The highest BCUT2D eigenvalue weighted by Crippen LogP contribution is 2.57. The average molecular weight is 283 g/mol. The Morgan fingerprint density at radius 2 is 2.10 bits per heavy atom. The van der Waals surface area contributed by atoms with Gasteiger partial charge in [0.15, 0.2) is 0 Å². The molecule has 1 aromatic carbocycles. The molecule has 2 bridgehead atoms. The fourth-order valence-corrected chi connectivity index (χ4v) is 3.92. The lowest BCUT2D eigenvalue weighted by molar-refractivity contribution is 0.0696. The molecular formula is C17H17NO3. The van der Waals surface area contributed by atoms with Crippen molar-refractivity contribution in [2.24, 2.45) is 5.92 Å². The average Bonchev–Trinajstić information content (AvgIpc) is 3.12. The number of aromatic carboxylic acids is 1. The lowest BCUT2D eigenvalue weighted by atomic mass is 9.69. The highest BCUT2D eigenvalue weighted by Gasteiger charge is 2.56. The minimum absolute atomic E-state index is 0.127. The van der Waals surface area contributed by atoms with Gasteiger partial charge in [0.25, 0.3) is 0 Å². The van der Waals surface area contributed by atoms with E-state index in [9.17, 15) is 4.79 Å². The molecule has 3 aliphatic rings. The van der Waals surface area contributed by atoms with E-state index in [0.717, 1.165) is 18.2 Å². The van der Waals surface area contributed by atoms with Crippen LogP contribution in [-0.4, -0.2) is 22.5 Å². The Labute approximate surface area is 123 Å². The molecule has 5 rings (SSSR count). The summed E-state index contributed by atoms with van der Waals surface area (Å²) in [7, 11) is 0. The van der Waals surface area contributed by atoms with Gasteiger partial charge in [-0.05, 0) is 30.4 Å². The normalized spacial score (nSPS) is 27.5. The quantitative estimate of drug-likeness (QED) is 0.936. The highest BCUT2D eigenvalue weighted by molar-refractivity contribution is 5.87. The van der Waals surface area contributed by atoms with Gasteiger partial charge in [-0.15, -0.1) is 0 Å². The van der Waals surface area contributed by atoms with Gasteiger partial charge in [-0.3, -0.25) is 4.90 Å². The minimum Gasteiger partial charge on any atom is -0.478 e. The van der Waals surface area contributed by atoms with E-state index in [2.05, 4.69) is 29.2 Å². The standard InChI is InChI=1S/C17H17NO3/c19-16(20)13-6-15(21-11-13)10-18-9-12-7-17(18,8-12)14-4-2-1-3-5-14/h1-6,11-12H,7-10H2,(H,19,20). The van der Waals surface area contributed by atoms with Gasteiger partial charge in [0, 0.05) is 12.1 Å². The van der Waals surface area contributed by atoms with Crippen molar-refractivity contribution < 1.29 is 14.3 Å². The summed E-state index contributed by atoms with van der Waals surface area (Å²) in [4.78, 5) is 13.4. The molecule has 1 aromatic heterocycles. The van der Waals surface area contributed by atoms with Crippen LogP contribution in [0.15, 0.2) is 47.1 Å². The molecule has 4 nitrogen and oxygen atoms in total. The maximum absolute atomic E-state index is 10.9. The van der Waals surface area contributed by atoms with Gasteiger partial charge >= 0.3 is 5.97 Å². The Balaban J connectivity index is 1.59. The third-order valence-corrected chi connectivity index (χ3v) is 4.90. The molecule has 2 aromatic rings. The van der Waals surface area contributed by atoms with Crippen molar-refractivity contribution in [3.63, 3.8) is 0 Å². The van der Waals surface area contributed by atoms with E-state index in [4.69, 9.17) is 9.52 Å². The van der Waals surface area contributed by atoms with Crippen LogP contribution in [0.4, 0.5) is 0 Å². The molecule has 0 atom stereocenters. The Morgan fingerprint density at radius 1 is 1.33 bits per heavy atom. The van der Waals surface area contributed by atoms with Crippen LogP contribution < -0.4 is 0 Å². The number of hydrogen-bond acceptors (Lipinski definition) is 3.